The minimum Gasteiger partial charge on any atom is -0.488 e. The molecule has 0 radical (unpaired) electrons. The van der Waals surface area contributed by atoms with E-state index < -0.39 is 17.8 Å². The van der Waals surface area contributed by atoms with Gasteiger partial charge in [-0.15, -0.1) is 0 Å². The zero-order valence-electron chi connectivity index (χ0n) is 26.5. The Morgan fingerprint density at radius 2 is 1.61 bits per heavy atom. The Labute approximate surface area is 293 Å². The number of thiazole rings is 1. The lowest BCUT2D eigenvalue weighted by Crippen LogP contribution is -2.40. The largest absolute Gasteiger partial charge is 0.488 e. The van der Waals surface area contributed by atoms with E-state index in [1.54, 1.807) is 50.3 Å². The molecule has 4 aromatic carbocycles. The molecule has 0 amide bonds. The summed E-state index contributed by atoms with van der Waals surface area (Å²) in [5.74, 6) is -0.826. The molecule has 1 atom stereocenters. The highest BCUT2D eigenvalue weighted by Crippen LogP contribution is 2.35. The molecule has 1 aromatic heterocycles. The first-order valence-corrected chi connectivity index (χ1v) is 17.1. The summed E-state index contributed by atoms with van der Waals surface area (Å²) in [5.41, 5.74) is 3.53. The van der Waals surface area contributed by atoms with E-state index in [1.165, 1.54) is 28.0 Å². The van der Waals surface area contributed by atoms with Crippen LogP contribution in [-0.2, 0) is 20.9 Å². The first kappa shape index (κ1) is 33.8. The summed E-state index contributed by atoms with van der Waals surface area (Å²) in [4.78, 5) is 44.8. The monoisotopic (exact) mass is 740 g/mol. The summed E-state index contributed by atoms with van der Waals surface area (Å²) in [6.07, 6.45) is 1.75. The summed E-state index contributed by atoms with van der Waals surface area (Å²) in [7, 11) is 0. The summed E-state index contributed by atoms with van der Waals surface area (Å²) in [6.45, 7) is 4.18. The van der Waals surface area contributed by atoms with Crippen LogP contribution in [0.4, 0.5) is 4.39 Å². The molecule has 5 aromatic rings. The van der Waals surface area contributed by atoms with E-state index in [0.717, 1.165) is 11.1 Å². The number of nitrogens with zero attached hydrogens (tertiary/aromatic N) is 2. The van der Waals surface area contributed by atoms with Gasteiger partial charge in [-0.1, -0.05) is 72.0 Å². The molecule has 0 unspecified atom stereocenters. The molecule has 0 fully saturated rings. The highest BCUT2D eigenvalue weighted by molar-refractivity contribution is 9.10. The van der Waals surface area contributed by atoms with Crippen LogP contribution in [0.1, 0.15) is 52.5 Å². The van der Waals surface area contributed by atoms with Crippen LogP contribution in [0.25, 0.3) is 11.8 Å². The molecule has 0 N–H and O–H groups in total. The Bertz CT molecular complexity index is 2230. The number of aromatic nitrogens is 1. The fraction of sp³-hybridized carbons (Fsp3) is 0.158. The number of halogens is 2. The van der Waals surface area contributed by atoms with Gasteiger partial charge >= 0.3 is 11.9 Å². The molecular weight excluding hydrogens is 711 g/mol. The van der Waals surface area contributed by atoms with Crippen molar-refractivity contribution >= 4 is 51.0 Å². The van der Waals surface area contributed by atoms with Crippen molar-refractivity contribution in [1.29, 1.82) is 0 Å². The van der Waals surface area contributed by atoms with Gasteiger partial charge in [0.2, 0.25) is 0 Å². The minimum absolute atomic E-state index is 0.126. The van der Waals surface area contributed by atoms with E-state index in [9.17, 15) is 18.8 Å². The maximum Gasteiger partial charge on any atom is 0.338 e. The number of carbonyl (C=O) groups excluding carboxylic acids is 2. The molecule has 0 bridgehead atoms. The highest BCUT2D eigenvalue weighted by atomic mass is 79.9. The first-order valence-electron chi connectivity index (χ1n) is 15.5. The second-order valence-corrected chi connectivity index (χ2v) is 12.7. The van der Waals surface area contributed by atoms with Crippen LogP contribution in [-0.4, -0.2) is 29.7 Å². The van der Waals surface area contributed by atoms with E-state index in [-0.39, 0.29) is 30.3 Å². The van der Waals surface area contributed by atoms with Gasteiger partial charge in [0.05, 0.1) is 45.1 Å². The topological polar surface area (TPSA) is 96.2 Å². The maximum atomic E-state index is 14.1. The summed E-state index contributed by atoms with van der Waals surface area (Å²) in [5, 5.41) is 0. The fourth-order valence-corrected chi connectivity index (χ4v) is 6.90. The van der Waals surface area contributed by atoms with Crippen LogP contribution in [0.5, 0.6) is 5.75 Å². The predicted molar refractivity (Wildman–Crippen MR) is 188 cm³/mol. The minimum atomic E-state index is -0.901. The molecule has 6 rings (SSSR count). The van der Waals surface area contributed by atoms with Crippen LogP contribution in [0.15, 0.2) is 117 Å². The summed E-state index contributed by atoms with van der Waals surface area (Å²) in [6, 6.07) is 26.6. The quantitative estimate of drug-likeness (QED) is 0.150. The van der Waals surface area contributed by atoms with Crippen molar-refractivity contribution in [3.63, 3.8) is 0 Å². The molecule has 0 spiro atoms. The van der Waals surface area contributed by atoms with Crippen LogP contribution in [0.2, 0.25) is 0 Å². The van der Waals surface area contributed by atoms with Crippen molar-refractivity contribution in [2.45, 2.75) is 26.5 Å². The Morgan fingerprint density at radius 3 is 2.29 bits per heavy atom. The lowest BCUT2D eigenvalue weighted by atomic mass is 9.93. The SMILES string of the molecule is CCOC(=O)C1=C(c2ccccc2)N=c2s/c(=C\c3ccc(OCc4ccc(C(=O)OCC)cc4)c(Br)c3)c(=O)n2[C@@H]1c1ccc(F)cc1. The molecule has 0 saturated carbocycles. The average molecular weight is 742 g/mol. The zero-order valence-corrected chi connectivity index (χ0v) is 28.9. The first-order chi connectivity index (χ1) is 23.8. The Balaban J connectivity index is 1.36. The average Bonchev–Trinajstić information content (AvgIpc) is 3.42. The maximum absolute atomic E-state index is 14.1. The molecule has 2 heterocycles. The molecule has 0 aliphatic carbocycles. The molecular formula is C38H30BrFN2O6S. The highest BCUT2D eigenvalue weighted by Gasteiger charge is 2.35. The molecule has 1 aliphatic heterocycles. The summed E-state index contributed by atoms with van der Waals surface area (Å²) >= 11 is 4.78. The Kier molecular flexibility index (Phi) is 10.3. The van der Waals surface area contributed by atoms with Gasteiger partial charge in [-0.2, -0.15) is 0 Å². The van der Waals surface area contributed by atoms with E-state index in [2.05, 4.69) is 15.9 Å². The number of benzene rings is 4. The van der Waals surface area contributed by atoms with Crippen molar-refractivity contribution in [3.8, 4) is 5.75 Å². The third-order valence-electron chi connectivity index (χ3n) is 7.67. The molecule has 11 heteroatoms. The van der Waals surface area contributed by atoms with Crippen molar-refractivity contribution < 1.29 is 28.2 Å². The van der Waals surface area contributed by atoms with Crippen LogP contribution < -0.4 is 19.6 Å². The van der Waals surface area contributed by atoms with Gasteiger partial charge in [-0.25, -0.2) is 19.0 Å². The number of carbonyl (C=O) groups is 2. The number of ether oxygens (including phenoxy) is 3. The van der Waals surface area contributed by atoms with Crippen molar-refractivity contribution in [2.24, 2.45) is 4.99 Å². The molecule has 49 heavy (non-hydrogen) atoms. The fourth-order valence-electron chi connectivity index (χ4n) is 5.39. The normalized spacial score (nSPS) is 14.2. The number of esters is 2. The van der Waals surface area contributed by atoms with Crippen LogP contribution in [0.3, 0.4) is 0 Å². The molecule has 0 saturated heterocycles. The lowest BCUT2D eigenvalue weighted by Gasteiger charge is -2.25. The van der Waals surface area contributed by atoms with E-state index in [1.807, 2.05) is 54.6 Å². The number of hydrogen-bond acceptors (Lipinski definition) is 8. The summed E-state index contributed by atoms with van der Waals surface area (Å²) < 4.78 is 33.1. The third kappa shape index (κ3) is 7.33. The van der Waals surface area contributed by atoms with Gasteiger partial charge in [-0.3, -0.25) is 9.36 Å². The standard InChI is InChI=1S/C38H30BrFN2O6S/c1-3-46-36(44)27-13-10-23(11-14-27)22-48-30-19-12-24(20-29(30)39)21-31-35(43)42-34(26-15-17-28(40)18-16-26)32(37(45)47-4-2)33(41-38(42)49-31)25-8-6-5-7-9-25/h5-21,34H,3-4,22H2,1-2H3/b31-21-/t34-/m1/s1. The van der Waals surface area contributed by atoms with Gasteiger partial charge in [0.1, 0.15) is 18.2 Å². The van der Waals surface area contributed by atoms with Gasteiger partial charge in [0, 0.05) is 5.56 Å². The Morgan fingerprint density at radius 1 is 0.918 bits per heavy atom. The Hall–Kier alpha value is -5.13. The number of rotatable bonds is 10. The van der Waals surface area contributed by atoms with Gasteiger partial charge < -0.3 is 14.2 Å². The van der Waals surface area contributed by atoms with E-state index >= 15 is 0 Å². The van der Waals surface area contributed by atoms with Crippen LogP contribution in [0, 0.1) is 5.82 Å². The molecule has 8 nitrogen and oxygen atoms in total. The van der Waals surface area contributed by atoms with E-state index in [0.29, 0.717) is 48.6 Å². The predicted octanol–water partition coefficient (Wildman–Crippen LogP) is 6.59. The smallest absolute Gasteiger partial charge is 0.338 e. The second kappa shape index (κ2) is 15.0. The number of hydrogen-bond donors (Lipinski definition) is 0. The zero-order chi connectivity index (χ0) is 34.5. The van der Waals surface area contributed by atoms with Gasteiger partial charge in [0.15, 0.2) is 4.80 Å². The van der Waals surface area contributed by atoms with Crippen LogP contribution >= 0.6 is 27.3 Å². The van der Waals surface area contributed by atoms with Crippen molar-refractivity contribution in [3.05, 3.63) is 160 Å². The lowest BCUT2D eigenvalue weighted by molar-refractivity contribution is -0.138. The molecule has 1 aliphatic rings. The number of fused-ring (bicyclic) bond motifs is 1. The molecule has 248 valence electrons. The van der Waals surface area contributed by atoms with Crippen molar-refractivity contribution in [2.75, 3.05) is 13.2 Å². The van der Waals surface area contributed by atoms with E-state index in [4.69, 9.17) is 19.2 Å². The van der Waals surface area contributed by atoms with Gasteiger partial charge in [-0.05, 0) is 88.9 Å². The third-order valence-corrected chi connectivity index (χ3v) is 9.28. The van der Waals surface area contributed by atoms with Gasteiger partial charge in [0.25, 0.3) is 5.56 Å². The van der Waals surface area contributed by atoms with Crippen molar-refractivity contribution in [1.82, 2.24) is 4.57 Å². The second-order valence-electron chi connectivity index (χ2n) is 10.9.